The number of ketones is 1. The summed E-state index contributed by atoms with van der Waals surface area (Å²) in [7, 11) is 0. The average molecular weight is 497 g/mol. The Labute approximate surface area is 214 Å². The van der Waals surface area contributed by atoms with E-state index in [4.69, 9.17) is 10.00 Å². The van der Waals surface area contributed by atoms with Crippen molar-refractivity contribution in [2.45, 2.75) is 58.9 Å². The van der Waals surface area contributed by atoms with E-state index in [1.807, 2.05) is 48.8 Å². The Bertz CT molecular complexity index is 1530. The summed E-state index contributed by atoms with van der Waals surface area (Å²) in [6.45, 7) is 6.32. The number of carbonyl (C=O) groups excluding carboxylic acids is 2. The fourth-order valence-electron chi connectivity index (χ4n) is 4.73. The van der Waals surface area contributed by atoms with Crippen LogP contribution in [0.1, 0.15) is 86.5 Å². The van der Waals surface area contributed by atoms with Gasteiger partial charge in [0.15, 0.2) is 11.4 Å². The van der Waals surface area contributed by atoms with Gasteiger partial charge in [0, 0.05) is 18.8 Å². The highest BCUT2D eigenvalue weighted by atomic mass is 16.5. The van der Waals surface area contributed by atoms with Crippen molar-refractivity contribution in [3.05, 3.63) is 81.6 Å². The van der Waals surface area contributed by atoms with Crippen molar-refractivity contribution in [3.63, 3.8) is 0 Å². The molecule has 1 saturated carbocycles. The largest absolute Gasteiger partial charge is 0.462 e. The lowest BCUT2D eigenvalue weighted by atomic mass is 9.95. The molecule has 4 aromatic rings. The molecule has 0 saturated heterocycles. The summed E-state index contributed by atoms with van der Waals surface area (Å²) in [5.74, 6) is 0.000721. The van der Waals surface area contributed by atoms with Crippen LogP contribution >= 0.6 is 0 Å². The topological polar surface area (TPSA) is 115 Å². The smallest absolute Gasteiger partial charge is 0.341 e. The summed E-state index contributed by atoms with van der Waals surface area (Å²) in [5, 5.41) is 17.3. The predicted molar refractivity (Wildman–Crippen MR) is 136 cm³/mol. The molecule has 0 bridgehead atoms. The number of nitriles is 1. The molecule has 0 atom stereocenters. The molecule has 0 aliphatic heterocycles. The summed E-state index contributed by atoms with van der Waals surface area (Å²) in [6, 6.07) is 7.75. The molecule has 0 amide bonds. The van der Waals surface area contributed by atoms with E-state index in [0.717, 1.165) is 35.1 Å². The lowest BCUT2D eigenvalue weighted by molar-refractivity contribution is 0.0527. The monoisotopic (exact) mass is 496 g/mol. The molecule has 9 nitrogen and oxygen atoms in total. The fraction of sp³-hybridized carbons (Fsp3) is 0.357. The van der Waals surface area contributed by atoms with Gasteiger partial charge in [-0.05, 0) is 86.4 Å². The molecule has 1 aliphatic rings. The lowest BCUT2D eigenvalue weighted by Crippen LogP contribution is -2.08. The van der Waals surface area contributed by atoms with Gasteiger partial charge >= 0.3 is 5.97 Å². The van der Waals surface area contributed by atoms with E-state index in [1.54, 1.807) is 17.8 Å². The van der Waals surface area contributed by atoms with Crippen LogP contribution in [0.2, 0.25) is 0 Å². The van der Waals surface area contributed by atoms with E-state index in [2.05, 4.69) is 21.4 Å². The van der Waals surface area contributed by atoms with E-state index < -0.39 is 0 Å². The van der Waals surface area contributed by atoms with E-state index in [0.29, 0.717) is 60.1 Å². The summed E-state index contributed by atoms with van der Waals surface area (Å²) in [4.78, 5) is 30.1. The molecule has 3 aromatic heterocycles. The zero-order valence-electron chi connectivity index (χ0n) is 21.2. The maximum atomic E-state index is 12.8. The van der Waals surface area contributed by atoms with E-state index in [9.17, 15) is 9.59 Å². The van der Waals surface area contributed by atoms with Crippen molar-refractivity contribution in [3.8, 4) is 6.07 Å². The number of hydrogen-bond donors (Lipinski definition) is 0. The number of imidazole rings is 1. The van der Waals surface area contributed by atoms with Gasteiger partial charge in [-0.3, -0.25) is 4.79 Å². The van der Waals surface area contributed by atoms with Crippen molar-refractivity contribution in [1.82, 2.24) is 24.4 Å². The first-order valence-electron chi connectivity index (χ1n) is 12.5. The van der Waals surface area contributed by atoms with Crippen LogP contribution in [-0.2, 0) is 17.7 Å². The Morgan fingerprint density at radius 2 is 1.89 bits per heavy atom. The minimum Gasteiger partial charge on any atom is -0.462 e. The van der Waals surface area contributed by atoms with Gasteiger partial charge in [-0.15, -0.1) is 5.10 Å². The second-order valence-corrected chi connectivity index (χ2v) is 9.57. The van der Waals surface area contributed by atoms with Gasteiger partial charge in [-0.25, -0.2) is 14.5 Å². The maximum absolute atomic E-state index is 12.8. The average Bonchev–Trinajstić information content (AvgIpc) is 3.49. The molecule has 0 N–H and O–H groups in total. The van der Waals surface area contributed by atoms with Gasteiger partial charge < -0.3 is 9.14 Å². The van der Waals surface area contributed by atoms with E-state index >= 15 is 0 Å². The Morgan fingerprint density at radius 3 is 2.57 bits per heavy atom. The van der Waals surface area contributed by atoms with Crippen LogP contribution in [0.15, 0.2) is 36.8 Å². The Balaban J connectivity index is 1.31. The van der Waals surface area contributed by atoms with E-state index in [1.165, 1.54) is 0 Å². The van der Waals surface area contributed by atoms with Crippen molar-refractivity contribution in [1.29, 1.82) is 5.26 Å². The quantitative estimate of drug-likeness (QED) is 0.250. The number of carbonyl (C=O) groups is 2. The highest BCUT2D eigenvalue weighted by Crippen LogP contribution is 2.40. The number of fused-ring (bicyclic) bond motifs is 1. The first-order valence-corrected chi connectivity index (χ1v) is 12.5. The van der Waals surface area contributed by atoms with Gasteiger partial charge in [0.25, 0.3) is 0 Å². The summed E-state index contributed by atoms with van der Waals surface area (Å²) < 4.78 is 8.72. The first kappa shape index (κ1) is 24.4. The van der Waals surface area contributed by atoms with Crippen LogP contribution in [0, 0.1) is 25.2 Å². The van der Waals surface area contributed by atoms with Crippen molar-refractivity contribution in [2.24, 2.45) is 0 Å². The minimum atomic E-state index is -0.381. The summed E-state index contributed by atoms with van der Waals surface area (Å²) in [6.07, 6.45) is 8.64. The molecule has 188 valence electrons. The Morgan fingerprint density at radius 1 is 1.14 bits per heavy atom. The number of hydrogen-bond acceptors (Lipinski definition) is 7. The molecule has 5 rings (SSSR count). The second-order valence-electron chi connectivity index (χ2n) is 9.57. The van der Waals surface area contributed by atoms with Crippen LogP contribution in [0.5, 0.6) is 0 Å². The first-order chi connectivity index (χ1) is 17.9. The van der Waals surface area contributed by atoms with E-state index in [-0.39, 0.29) is 11.8 Å². The number of pyridine rings is 1. The zero-order chi connectivity index (χ0) is 26.1. The second kappa shape index (κ2) is 9.97. The number of aromatic nitrogens is 5. The lowest BCUT2D eigenvalue weighted by Gasteiger charge is -2.09. The number of Topliss-reactive ketones (excluding diaryl/α,β-unsaturated/α-hetero) is 1. The van der Waals surface area contributed by atoms with Gasteiger partial charge in [0.2, 0.25) is 0 Å². The fourth-order valence-corrected chi connectivity index (χ4v) is 4.73. The Hall–Kier alpha value is -4.32. The molecular formula is C28H28N6O3. The van der Waals surface area contributed by atoms with Crippen LogP contribution in [-0.4, -0.2) is 42.7 Å². The SMILES string of the molecule is CCOC(=O)c1cc(C2CC2)cn2cc(Cn3cc(C(=O)CCc4c(C)cc(C#N)cc4C)nn3)nc12. The molecule has 1 fully saturated rings. The third-order valence-corrected chi connectivity index (χ3v) is 6.74. The summed E-state index contributed by atoms with van der Waals surface area (Å²) in [5.41, 5.74) is 6.83. The number of ether oxygens (including phenoxy) is 1. The van der Waals surface area contributed by atoms with Crippen LogP contribution in [0.4, 0.5) is 0 Å². The van der Waals surface area contributed by atoms with Crippen molar-refractivity contribution >= 4 is 17.4 Å². The number of rotatable bonds is 9. The molecule has 0 spiro atoms. The third kappa shape index (κ3) is 5.14. The molecule has 9 heteroatoms. The zero-order valence-corrected chi connectivity index (χ0v) is 21.2. The Kier molecular flexibility index (Phi) is 6.57. The van der Waals surface area contributed by atoms with Crippen LogP contribution < -0.4 is 0 Å². The predicted octanol–water partition coefficient (Wildman–Crippen LogP) is 4.33. The number of benzene rings is 1. The van der Waals surface area contributed by atoms with Crippen molar-refractivity contribution in [2.75, 3.05) is 6.61 Å². The van der Waals surface area contributed by atoms with Gasteiger partial charge in [-0.1, -0.05) is 5.21 Å². The van der Waals surface area contributed by atoms with Crippen LogP contribution in [0.25, 0.3) is 5.65 Å². The molecule has 0 unspecified atom stereocenters. The standard InChI is InChI=1S/C28H28N6O3/c1-4-37-28(36)24-11-21(20-5-6-20)13-33-14-22(30-27(24)33)15-34-16-25(31-32-34)26(35)8-7-23-17(2)9-19(12-29)10-18(23)3/h9-11,13-14,16,20H,4-8,15H2,1-3H3. The highest BCUT2D eigenvalue weighted by Gasteiger charge is 2.27. The van der Waals surface area contributed by atoms with Gasteiger partial charge in [0.1, 0.15) is 11.3 Å². The molecular weight excluding hydrogens is 468 g/mol. The third-order valence-electron chi connectivity index (χ3n) is 6.74. The normalized spacial score (nSPS) is 13.0. The molecule has 3 heterocycles. The molecule has 0 radical (unpaired) electrons. The van der Waals surface area contributed by atoms with Gasteiger partial charge in [-0.2, -0.15) is 5.26 Å². The minimum absolute atomic E-state index is 0.0944. The number of aryl methyl sites for hydroxylation is 2. The number of nitrogens with zero attached hydrogens (tertiary/aromatic N) is 6. The van der Waals surface area contributed by atoms with Crippen molar-refractivity contribution < 1.29 is 14.3 Å². The van der Waals surface area contributed by atoms with Gasteiger partial charge in [0.05, 0.1) is 36.7 Å². The maximum Gasteiger partial charge on any atom is 0.341 e. The molecule has 37 heavy (non-hydrogen) atoms. The van der Waals surface area contributed by atoms with Crippen LogP contribution in [0.3, 0.4) is 0 Å². The summed E-state index contributed by atoms with van der Waals surface area (Å²) >= 11 is 0. The number of esters is 1. The molecule has 1 aromatic carbocycles. The molecule has 1 aliphatic carbocycles. The highest BCUT2D eigenvalue weighted by molar-refractivity contribution is 5.96.